The molecule has 2 heteroatoms. The van der Waals surface area contributed by atoms with Crippen molar-refractivity contribution in [2.45, 2.75) is 117 Å². The van der Waals surface area contributed by atoms with E-state index in [4.69, 9.17) is 0 Å². The molecule has 0 N–H and O–H groups in total. The van der Waals surface area contributed by atoms with Gasteiger partial charge in [-0.15, -0.1) is 0 Å². The summed E-state index contributed by atoms with van der Waals surface area (Å²) < 4.78 is 0. The van der Waals surface area contributed by atoms with Crippen LogP contribution in [0.5, 0.6) is 0 Å². The summed E-state index contributed by atoms with van der Waals surface area (Å²) in [4.78, 5) is 11.7. The van der Waals surface area contributed by atoms with Crippen molar-refractivity contribution in [1.82, 2.24) is 0 Å². The van der Waals surface area contributed by atoms with Gasteiger partial charge in [-0.1, -0.05) is 97.8 Å². The third kappa shape index (κ3) is 9.48. The van der Waals surface area contributed by atoms with Crippen LogP contribution in [0.4, 0.5) is 0 Å². The van der Waals surface area contributed by atoms with Crippen LogP contribution in [0.15, 0.2) is 0 Å². The number of unbranched alkanes of at least 4 members (excludes halogenated alkanes) is 10. The Kier molecular flexibility index (Phi) is 13.7. The zero-order chi connectivity index (χ0) is 16.7. The van der Waals surface area contributed by atoms with Crippen LogP contribution in [-0.4, -0.2) is 5.97 Å². The number of carbonyl (C=O) groups is 1. The van der Waals surface area contributed by atoms with Gasteiger partial charge < -0.3 is 0 Å². The molecule has 131 valence electrons. The maximum atomic E-state index is 11.7. The smallest absolute Gasteiger partial charge is 0.247 e. The lowest BCUT2D eigenvalue weighted by atomic mass is 9.76. The highest BCUT2D eigenvalue weighted by Crippen LogP contribution is 2.36. The van der Waals surface area contributed by atoms with E-state index in [2.05, 4.69) is 13.8 Å². The van der Waals surface area contributed by atoms with Gasteiger partial charge in [0.2, 0.25) is 0 Å². The van der Waals surface area contributed by atoms with Crippen LogP contribution in [0.25, 0.3) is 0 Å². The van der Waals surface area contributed by atoms with E-state index in [0.29, 0.717) is 0 Å². The zero-order valence-corrected chi connectivity index (χ0v) is 15.4. The molecule has 0 aliphatic carbocycles. The molecule has 0 heterocycles. The lowest BCUT2D eigenvalue weighted by molar-refractivity contribution is -0.157. The summed E-state index contributed by atoms with van der Waals surface area (Å²) in [5, 5.41) is 11.7. The SMILES string of the molecule is CCCCCCCCC(CC)(CCCCCCCC)C([O])=O. The van der Waals surface area contributed by atoms with Gasteiger partial charge in [-0.05, 0) is 19.3 Å². The van der Waals surface area contributed by atoms with E-state index in [1.165, 1.54) is 64.2 Å². The molecule has 0 aliphatic rings. The minimum Gasteiger partial charge on any atom is -0.247 e. The molecule has 0 saturated heterocycles. The first-order chi connectivity index (χ1) is 10.6. The van der Waals surface area contributed by atoms with E-state index in [1.807, 2.05) is 6.92 Å². The zero-order valence-electron chi connectivity index (χ0n) is 15.4. The van der Waals surface area contributed by atoms with Gasteiger partial charge in [0, 0.05) is 0 Å². The van der Waals surface area contributed by atoms with Crippen molar-refractivity contribution in [3.8, 4) is 0 Å². The Morgan fingerprint density at radius 2 is 1.00 bits per heavy atom. The predicted molar refractivity (Wildman–Crippen MR) is 94.4 cm³/mol. The number of carbonyl (C=O) groups excluding carboxylic acids is 1. The van der Waals surface area contributed by atoms with Crippen molar-refractivity contribution >= 4 is 5.97 Å². The molecule has 0 unspecified atom stereocenters. The molecule has 0 saturated carbocycles. The normalized spacial score (nSPS) is 11.8. The molecule has 0 aromatic heterocycles. The minimum absolute atomic E-state index is 0.560. The number of rotatable bonds is 16. The first-order valence-corrected chi connectivity index (χ1v) is 9.84. The molecular weight excluding hydrogens is 272 g/mol. The lowest BCUT2D eigenvalue weighted by Crippen LogP contribution is -2.29. The molecule has 22 heavy (non-hydrogen) atoms. The largest absolute Gasteiger partial charge is 0.361 e. The van der Waals surface area contributed by atoms with Gasteiger partial charge in [-0.2, -0.15) is 0 Å². The summed E-state index contributed by atoms with van der Waals surface area (Å²) in [7, 11) is 0. The Hall–Kier alpha value is -0.530. The van der Waals surface area contributed by atoms with Gasteiger partial charge in [-0.25, -0.2) is 9.90 Å². The van der Waals surface area contributed by atoms with E-state index < -0.39 is 11.4 Å². The molecule has 1 radical (unpaired) electrons. The van der Waals surface area contributed by atoms with Crippen LogP contribution in [0, 0.1) is 5.41 Å². The summed E-state index contributed by atoms with van der Waals surface area (Å²) in [6.07, 6.45) is 17.0. The van der Waals surface area contributed by atoms with Crippen molar-refractivity contribution in [3.05, 3.63) is 0 Å². The van der Waals surface area contributed by atoms with Crippen LogP contribution in [0.1, 0.15) is 117 Å². The Labute approximate surface area is 139 Å². The van der Waals surface area contributed by atoms with Crippen molar-refractivity contribution in [2.75, 3.05) is 0 Å². The van der Waals surface area contributed by atoms with E-state index in [1.54, 1.807) is 0 Å². The van der Waals surface area contributed by atoms with Crippen LogP contribution in [0.3, 0.4) is 0 Å². The van der Waals surface area contributed by atoms with Gasteiger partial charge in [-0.3, -0.25) is 0 Å². The van der Waals surface area contributed by atoms with Gasteiger partial charge in [0.05, 0.1) is 5.41 Å². The number of hydrogen-bond donors (Lipinski definition) is 0. The van der Waals surface area contributed by atoms with Gasteiger partial charge in [0.1, 0.15) is 0 Å². The van der Waals surface area contributed by atoms with E-state index in [9.17, 15) is 9.90 Å². The summed E-state index contributed by atoms with van der Waals surface area (Å²) >= 11 is 0. The highest BCUT2D eigenvalue weighted by molar-refractivity contribution is 5.74. The maximum absolute atomic E-state index is 11.7. The average Bonchev–Trinajstić information content (AvgIpc) is 2.51. The number of hydrogen-bond acceptors (Lipinski definition) is 1. The quantitative estimate of drug-likeness (QED) is 0.287. The first-order valence-electron chi connectivity index (χ1n) is 9.84. The van der Waals surface area contributed by atoms with Crippen LogP contribution >= 0.6 is 0 Å². The van der Waals surface area contributed by atoms with Crippen LogP contribution in [-0.2, 0) is 9.90 Å². The van der Waals surface area contributed by atoms with Crippen molar-refractivity contribution in [1.29, 1.82) is 0 Å². The Morgan fingerprint density at radius 3 is 1.32 bits per heavy atom. The summed E-state index contributed by atoms with van der Waals surface area (Å²) in [5.41, 5.74) is -0.560. The van der Waals surface area contributed by atoms with Crippen molar-refractivity contribution < 1.29 is 9.90 Å². The lowest BCUT2D eigenvalue weighted by Gasteiger charge is -2.27. The summed E-state index contributed by atoms with van der Waals surface area (Å²) in [6, 6.07) is 0. The predicted octanol–water partition coefficient (Wildman–Crippen LogP) is 6.84. The topological polar surface area (TPSA) is 37.0 Å². The second kappa shape index (κ2) is 14.1. The fourth-order valence-electron chi connectivity index (χ4n) is 3.31. The van der Waals surface area contributed by atoms with E-state index in [-0.39, 0.29) is 0 Å². The second-order valence-corrected chi connectivity index (χ2v) is 6.96. The fraction of sp³-hybridized carbons (Fsp3) is 0.950. The molecule has 0 spiro atoms. The molecule has 0 aromatic carbocycles. The molecule has 0 aromatic rings. The molecule has 0 fully saturated rings. The molecule has 0 bridgehead atoms. The highest BCUT2D eigenvalue weighted by Gasteiger charge is 2.36. The van der Waals surface area contributed by atoms with Crippen LogP contribution < -0.4 is 0 Å². The van der Waals surface area contributed by atoms with Crippen molar-refractivity contribution in [2.24, 2.45) is 5.41 Å². The fourth-order valence-corrected chi connectivity index (χ4v) is 3.31. The maximum Gasteiger partial charge on any atom is 0.361 e. The molecule has 0 amide bonds. The third-order valence-electron chi connectivity index (χ3n) is 5.13. The van der Waals surface area contributed by atoms with Gasteiger partial charge >= 0.3 is 5.97 Å². The Bertz CT molecular complexity index is 244. The highest BCUT2D eigenvalue weighted by atomic mass is 16.4. The standard InChI is InChI=1S/C20H39O2/c1-4-7-9-11-13-15-17-20(6-3,19(21)22)18-16-14-12-10-8-5-2/h4-18H2,1-3H3. The van der Waals surface area contributed by atoms with Crippen molar-refractivity contribution in [3.63, 3.8) is 0 Å². The van der Waals surface area contributed by atoms with E-state index in [0.717, 1.165) is 32.1 Å². The molecular formula is C20H39O2. The minimum atomic E-state index is -0.808. The second-order valence-electron chi connectivity index (χ2n) is 6.96. The summed E-state index contributed by atoms with van der Waals surface area (Å²) in [6.45, 7) is 6.46. The third-order valence-corrected chi connectivity index (χ3v) is 5.13. The molecule has 0 rings (SSSR count). The summed E-state index contributed by atoms with van der Waals surface area (Å²) in [5.74, 6) is -0.808. The molecule has 0 atom stereocenters. The Morgan fingerprint density at radius 1 is 0.636 bits per heavy atom. The Balaban J connectivity index is 4.04. The van der Waals surface area contributed by atoms with Crippen LogP contribution in [0.2, 0.25) is 0 Å². The molecule has 2 nitrogen and oxygen atoms in total. The first kappa shape index (κ1) is 21.5. The van der Waals surface area contributed by atoms with Gasteiger partial charge in [0.25, 0.3) is 0 Å². The molecule has 0 aliphatic heterocycles. The van der Waals surface area contributed by atoms with E-state index >= 15 is 0 Å². The monoisotopic (exact) mass is 311 g/mol. The average molecular weight is 312 g/mol. The van der Waals surface area contributed by atoms with Gasteiger partial charge in [0.15, 0.2) is 0 Å².